The van der Waals surface area contributed by atoms with E-state index >= 15 is 0 Å². The first-order valence-corrected chi connectivity index (χ1v) is 20.4. The van der Waals surface area contributed by atoms with Crippen LogP contribution < -0.4 is 4.90 Å². The van der Waals surface area contributed by atoms with Crippen molar-refractivity contribution in [3.63, 3.8) is 0 Å². The number of carbonyl (C=O) groups excluding carboxylic acids is 3. The first kappa shape index (κ1) is 42.8. The number of sulfone groups is 1. The maximum Gasteiger partial charge on any atom is 0.425 e. The molecule has 0 bridgehead atoms. The lowest BCUT2D eigenvalue weighted by Crippen LogP contribution is -2.45. The molecule has 306 valence electrons. The third-order valence-corrected chi connectivity index (χ3v) is 9.43. The molecule has 0 spiro atoms. The number of nitrogens with zero attached hydrogens (tertiary/aromatic N) is 5. The number of hydrogen-bond donors (Lipinski definition) is 0. The smallest absolute Gasteiger partial charge is 0.425 e. The molecule has 5 rings (SSSR count). The molecular formula is C41H51N5O10S. The average Bonchev–Trinajstić information content (AvgIpc) is 3.59. The van der Waals surface area contributed by atoms with Crippen LogP contribution in [0, 0.1) is 0 Å². The van der Waals surface area contributed by atoms with Gasteiger partial charge in [0.25, 0.3) is 0 Å². The second-order valence-electron chi connectivity index (χ2n) is 16.7. The second-order valence-corrected chi connectivity index (χ2v) is 18.8. The number of anilines is 1. The highest BCUT2D eigenvalue weighted by Crippen LogP contribution is 2.35. The zero-order chi connectivity index (χ0) is 41.9. The van der Waals surface area contributed by atoms with E-state index in [0.717, 1.165) is 11.8 Å². The van der Waals surface area contributed by atoms with E-state index < -0.39 is 44.9 Å². The van der Waals surface area contributed by atoms with Crippen molar-refractivity contribution in [2.24, 2.45) is 0 Å². The summed E-state index contributed by atoms with van der Waals surface area (Å²) >= 11 is 0. The number of benzene rings is 2. The minimum Gasteiger partial charge on any atom is -0.444 e. The monoisotopic (exact) mass is 805 g/mol. The molecule has 0 radical (unpaired) electrons. The summed E-state index contributed by atoms with van der Waals surface area (Å²) in [7, 11) is -3.46. The van der Waals surface area contributed by atoms with Crippen molar-refractivity contribution in [1.82, 2.24) is 20.0 Å². The maximum atomic E-state index is 13.7. The SMILES string of the molecule is CC(C)(C)OC(=O)N(C(=O)OC(C)(C)C)c1ncc(-c2ccc(S(C)(=O)=O)cc2)nc1-c1cc(-c2ccc(CN(C(=O)OC(C)(C)C)C3CCOCC3)cc2)no1. The molecule has 2 aromatic heterocycles. The molecule has 1 aliphatic rings. The minimum atomic E-state index is -3.46. The Labute approximate surface area is 333 Å². The summed E-state index contributed by atoms with van der Waals surface area (Å²) in [5.41, 5.74) is 0.0360. The van der Waals surface area contributed by atoms with E-state index in [0.29, 0.717) is 54.3 Å². The summed E-state index contributed by atoms with van der Waals surface area (Å²) in [6.07, 6.45) is 1.34. The predicted octanol–water partition coefficient (Wildman–Crippen LogP) is 8.46. The van der Waals surface area contributed by atoms with E-state index in [4.69, 9.17) is 28.5 Å². The van der Waals surface area contributed by atoms with Gasteiger partial charge in [0.1, 0.15) is 22.5 Å². The lowest BCUT2D eigenvalue weighted by Gasteiger charge is -2.35. The molecule has 4 aromatic rings. The van der Waals surface area contributed by atoms with Crippen molar-refractivity contribution in [1.29, 1.82) is 0 Å². The lowest BCUT2D eigenvalue weighted by molar-refractivity contribution is -0.00813. The van der Waals surface area contributed by atoms with E-state index in [9.17, 15) is 22.8 Å². The highest BCUT2D eigenvalue weighted by Gasteiger charge is 2.37. The molecule has 16 heteroatoms. The van der Waals surface area contributed by atoms with Crippen LogP contribution in [0.15, 0.2) is 70.2 Å². The van der Waals surface area contributed by atoms with Crippen LogP contribution in [0.25, 0.3) is 34.0 Å². The molecule has 1 saturated heterocycles. The summed E-state index contributed by atoms with van der Waals surface area (Å²) in [6, 6.07) is 15.1. The van der Waals surface area contributed by atoms with Crippen molar-refractivity contribution in [3.8, 4) is 34.0 Å². The Bertz CT molecular complexity index is 2150. The predicted molar refractivity (Wildman–Crippen MR) is 212 cm³/mol. The van der Waals surface area contributed by atoms with E-state index in [1.165, 1.54) is 18.3 Å². The van der Waals surface area contributed by atoms with Gasteiger partial charge in [-0.3, -0.25) is 0 Å². The number of amides is 3. The zero-order valence-electron chi connectivity index (χ0n) is 34.1. The van der Waals surface area contributed by atoms with Crippen LogP contribution in [-0.4, -0.2) is 89.0 Å². The fraction of sp³-hybridized carbons (Fsp3) is 0.463. The number of aromatic nitrogens is 3. The highest BCUT2D eigenvalue weighted by atomic mass is 32.2. The van der Waals surface area contributed by atoms with Crippen molar-refractivity contribution >= 4 is 33.9 Å². The molecule has 57 heavy (non-hydrogen) atoms. The Hall–Kier alpha value is -5.35. The molecule has 2 aromatic carbocycles. The first-order valence-electron chi connectivity index (χ1n) is 18.5. The topological polar surface area (TPSA) is 181 Å². The number of rotatable bonds is 8. The van der Waals surface area contributed by atoms with Crippen molar-refractivity contribution < 1.29 is 46.3 Å². The third-order valence-electron chi connectivity index (χ3n) is 8.30. The van der Waals surface area contributed by atoms with Gasteiger partial charge in [0.05, 0.1) is 16.8 Å². The van der Waals surface area contributed by atoms with Crippen molar-refractivity contribution in [2.75, 3.05) is 24.4 Å². The summed E-state index contributed by atoms with van der Waals surface area (Å²) in [6.45, 7) is 16.9. The lowest BCUT2D eigenvalue weighted by atomic mass is 10.0. The van der Waals surface area contributed by atoms with Crippen molar-refractivity contribution in [2.45, 2.75) is 109 Å². The van der Waals surface area contributed by atoms with Crippen LogP contribution in [0.4, 0.5) is 20.2 Å². The van der Waals surface area contributed by atoms with E-state index in [1.807, 2.05) is 45.0 Å². The zero-order valence-corrected chi connectivity index (χ0v) is 34.9. The molecule has 3 amide bonds. The molecule has 1 aliphatic heterocycles. The molecule has 0 unspecified atom stereocenters. The molecule has 0 aliphatic carbocycles. The molecule has 0 atom stereocenters. The van der Waals surface area contributed by atoms with Crippen LogP contribution in [0.1, 0.15) is 80.7 Å². The van der Waals surface area contributed by atoms with E-state index in [2.05, 4.69) is 10.1 Å². The van der Waals surface area contributed by atoms with Crippen molar-refractivity contribution in [3.05, 3.63) is 66.4 Å². The van der Waals surface area contributed by atoms with Gasteiger partial charge >= 0.3 is 18.3 Å². The van der Waals surface area contributed by atoms with Crippen LogP contribution in [0.2, 0.25) is 0 Å². The largest absolute Gasteiger partial charge is 0.444 e. The number of ether oxygens (including phenoxy) is 4. The number of imide groups is 1. The van der Waals surface area contributed by atoms with E-state index in [1.54, 1.807) is 64.6 Å². The van der Waals surface area contributed by atoms with Gasteiger partial charge in [-0.2, -0.15) is 4.90 Å². The summed E-state index contributed by atoms with van der Waals surface area (Å²) in [4.78, 5) is 52.5. The minimum absolute atomic E-state index is 0.0315. The third kappa shape index (κ3) is 11.6. The van der Waals surface area contributed by atoms with Crippen LogP contribution in [-0.2, 0) is 35.3 Å². The fourth-order valence-corrected chi connectivity index (χ4v) is 6.38. The molecule has 3 heterocycles. The van der Waals surface area contributed by atoms with Crippen LogP contribution >= 0.6 is 0 Å². The Balaban J connectivity index is 1.54. The Morgan fingerprint density at radius 3 is 1.79 bits per heavy atom. The molecule has 0 saturated carbocycles. The summed E-state index contributed by atoms with van der Waals surface area (Å²) in [5, 5.41) is 4.29. The maximum absolute atomic E-state index is 13.7. The van der Waals surface area contributed by atoms with E-state index in [-0.39, 0.29) is 33.9 Å². The first-order chi connectivity index (χ1) is 26.5. The molecule has 15 nitrogen and oxygen atoms in total. The van der Waals surface area contributed by atoms with Gasteiger partial charge in [0, 0.05) is 49.2 Å². The summed E-state index contributed by atoms with van der Waals surface area (Å²) < 4.78 is 52.6. The standard InChI is InChI=1S/C41H51N5O10S/c1-39(2,3)53-36(47)45(29-19-21-52-22-20-29)25-26-11-13-27(14-12-26)31-23-33(56-44-31)34-35(46(37(48)54-40(4,5)6)38(49)55-41(7,8)9)42-24-32(43-34)28-15-17-30(18-16-28)57(10,50)51/h11-18,23-24,29H,19-22,25H2,1-10H3. The van der Waals surface area contributed by atoms with Crippen LogP contribution in [0.3, 0.4) is 0 Å². The molecular weight excluding hydrogens is 755 g/mol. The van der Waals surface area contributed by atoms with Gasteiger partial charge in [-0.1, -0.05) is 41.6 Å². The Kier molecular flexibility index (Phi) is 12.5. The molecule has 0 N–H and O–H groups in total. The van der Waals surface area contributed by atoms with Gasteiger partial charge in [-0.25, -0.2) is 32.8 Å². The Morgan fingerprint density at radius 1 is 0.754 bits per heavy atom. The average molecular weight is 806 g/mol. The second kappa shape index (κ2) is 16.6. The molecule has 1 fully saturated rings. The summed E-state index contributed by atoms with van der Waals surface area (Å²) in [5.74, 6) is -0.192. The van der Waals surface area contributed by atoms with Gasteiger partial charge in [0.2, 0.25) is 0 Å². The van der Waals surface area contributed by atoms with Gasteiger partial charge in [-0.05, 0) is 92.9 Å². The van der Waals surface area contributed by atoms with Crippen LogP contribution in [0.5, 0.6) is 0 Å². The van der Waals surface area contributed by atoms with Gasteiger partial charge in [-0.15, -0.1) is 0 Å². The normalized spacial score (nSPS) is 14.1. The number of hydrogen-bond acceptors (Lipinski definition) is 13. The number of carbonyl (C=O) groups is 3. The Morgan fingerprint density at radius 2 is 1.26 bits per heavy atom. The van der Waals surface area contributed by atoms with Gasteiger partial charge in [0.15, 0.2) is 27.1 Å². The highest BCUT2D eigenvalue weighted by molar-refractivity contribution is 7.90. The van der Waals surface area contributed by atoms with Gasteiger partial charge < -0.3 is 28.4 Å². The quantitative estimate of drug-likeness (QED) is 0.155. The fourth-order valence-electron chi connectivity index (χ4n) is 5.75.